The number of anilines is 1. The summed E-state index contributed by atoms with van der Waals surface area (Å²) >= 11 is 26.0. The Balaban J connectivity index is 1.74. The third-order valence-corrected chi connectivity index (χ3v) is 10.6. The minimum Gasteiger partial charge on any atom is -0.278 e. The Hall–Kier alpha value is -1.38. The fraction of sp³-hybridized carbons (Fsp3) is 0.333. The fourth-order valence-corrected chi connectivity index (χ4v) is 8.26. The summed E-state index contributed by atoms with van der Waals surface area (Å²) in [6, 6.07) is 4.82. The first kappa shape index (κ1) is 28.6. The van der Waals surface area contributed by atoms with Gasteiger partial charge in [-0.3, -0.25) is 9.71 Å². The summed E-state index contributed by atoms with van der Waals surface area (Å²) < 4.78 is 54.1. The van der Waals surface area contributed by atoms with Crippen LogP contribution in [0.15, 0.2) is 39.0 Å². The van der Waals surface area contributed by atoms with E-state index in [2.05, 4.69) is 9.82 Å². The molecule has 1 aromatic heterocycles. The van der Waals surface area contributed by atoms with E-state index in [0.29, 0.717) is 15.4 Å². The van der Waals surface area contributed by atoms with Gasteiger partial charge in [-0.1, -0.05) is 77.0 Å². The van der Waals surface area contributed by atoms with Gasteiger partial charge in [-0.2, -0.15) is 5.10 Å². The van der Waals surface area contributed by atoms with Crippen molar-refractivity contribution in [3.63, 3.8) is 0 Å². The number of primary sulfonamides is 1. The molecule has 0 bridgehead atoms. The molecule has 9 nitrogen and oxygen atoms in total. The van der Waals surface area contributed by atoms with E-state index in [9.17, 15) is 16.8 Å². The van der Waals surface area contributed by atoms with Crippen LogP contribution in [0.25, 0.3) is 10.6 Å². The molecule has 1 fully saturated rings. The van der Waals surface area contributed by atoms with Gasteiger partial charge in [0.05, 0.1) is 31.8 Å². The van der Waals surface area contributed by atoms with Gasteiger partial charge in [-0.25, -0.2) is 26.7 Å². The van der Waals surface area contributed by atoms with Gasteiger partial charge < -0.3 is 0 Å². The maximum absolute atomic E-state index is 13.3. The first-order chi connectivity index (χ1) is 17.3. The molecule has 0 unspecified atom stereocenters. The van der Waals surface area contributed by atoms with E-state index in [1.165, 1.54) is 29.9 Å². The Labute approximate surface area is 238 Å². The second-order valence-corrected chi connectivity index (χ2v) is 14.2. The highest BCUT2D eigenvalue weighted by atomic mass is 35.5. The molecule has 1 heterocycles. The summed E-state index contributed by atoms with van der Waals surface area (Å²) in [7, 11) is -6.86. The largest absolute Gasteiger partial charge is 0.278 e. The topological polar surface area (TPSA) is 137 Å². The summed E-state index contributed by atoms with van der Waals surface area (Å²) in [6.45, 7) is 0. The summed E-state index contributed by atoms with van der Waals surface area (Å²) in [6.07, 6.45) is 5.52. The van der Waals surface area contributed by atoms with Crippen LogP contribution < -0.4 is 14.7 Å². The van der Waals surface area contributed by atoms with Gasteiger partial charge in [-0.15, -0.1) is 0 Å². The number of nitrogens with two attached hydrogens (primary N) is 1. The van der Waals surface area contributed by atoms with Crippen LogP contribution >= 0.6 is 57.7 Å². The number of rotatable bonds is 6. The van der Waals surface area contributed by atoms with E-state index in [0.717, 1.165) is 37.8 Å². The van der Waals surface area contributed by atoms with E-state index >= 15 is 0 Å². The highest BCUT2D eigenvalue weighted by Gasteiger charge is 2.25. The second kappa shape index (κ2) is 11.0. The molecule has 2 aromatic carbocycles. The van der Waals surface area contributed by atoms with Crippen LogP contribution in [0.1, 0.15) is 32.1 Å². The number of sulfonamides is 2. The Bertz CT molecular complexity index is 1650. The normalized spacial score (nSPS) is 15.8. The number of benzene rings is 2. The van der Waals surface area contributed by atoms with Gasteiger partial charge in [0.15, 0.2) is 0 Å². The maximum Gasteiger partial charge on any atom is 0.263 e. The molecule has 1 saturated carbocycles. The Morgan fingerprint density at radius 1 is 0.946 bits per heavy atom. The molecule has 3 aromatic rings. The Kier molecular flexibility index (Phi) is 8.52. The first-order valence-corrected chi connectivity index (χ1v) is 16.2. The second-order valence-electron chi connectivity index (χ2n) is 8.41. The lowest BCUT2D eigenvalue weighted by Crippen LogP contribution is -2.18. The number of nitrogens with one attached hydrogen (secondary N) is 1. The molecule has 3 N–H and O–H groups in total. The number of hydrogen-bond acceptors (Lipinski definition) is 7. The number of aryl methyl sites for hydroxylation is 1. The lowest BCUT2D eigenvalue weighted by molar-refractivity contribution is 0.434. The molecule has 1 aliphatic carbocycles. The van der Waals surface area contributed by atoms with Crippen LogP contribution in [0.5, 0.6) is 0 Å². The van der Waals surface area contributed by atoms with E-state index in [1.807, 2.05) is 0 Å². The van der Waals surface area contributed by atoms with Crippen molar-refractivity contribution in [1.29, 1.82) is 0 Å². The Morgan fingerprint density at radius 3 is 2.22 bits per heavy atom. The zero-order valence-electron chi connectivity index (χ0n) is 19.2. The van der Waals surface area contributed by atoms with Crippen LogP contribution in [-0.2, 0) is 27.1 Å². The summed E-state index contributed by atoms with van der Waals surface area (Å²) in [4.78, 5) is 4.70. The van der Waals surface area contributed by atoms with E-state index in [4.69, 9.17) is 56.5 Å². The van der Waals surface area contributed by atoms with Crippen molar-refractivity contribution in [3.8, 4) is 10.6 Å². The lowest BCUT2D eigenvalue weighted by Gasteiger charge is -2.16. The summed E-state index contributed by atoms with van der Waals surface area (Å²) in [5.41, 5.74) is 0.0847. The van der Waals surface area contributed by atoms with Gasteiger partial charge in [-0.05, 0) is 37.1 Å². The van der Waals surface area contributed by atoms with Crippen molar-refractivity contribution in [2.75, 3.05) is 4.72 Å². The van der Waals surface area contributed by atoms with Crippen molar-refractivity contribution in [1.82, 2.24) is 9.78 Å². The first-order valence-electron chi connectivity index (χ1n) is 10.9. The van der Waals surface area contributed by atoms with E-state index in [1.54, 1.807) is 11.7 Å². The van der Waals surface area contributed by atoms with Crippen molar-refractivity contribution < 1.29 is 16.8 Å². The molecule has 0 atom stereocenters. The van der Waals surface area contributed by atoms with Crippen molar-refractivity contribution in [2.24, 2.45) is 17.2 Å². The molecule has 16 heteroatoms. The molecule has 4 rings (SSSR count). The van der Waals surface area contributed by atoms with Crippen LogP contribution in [0.2, 0.25) is 20.1 Å². The van der Waals surface area contributed by atoms with Crippen molar-refractivity contribution in [3.05, 3.63) is 49.2 Å². The van der Waals surface area contributed by atoms with Crippen molar-refractivity contribution in [2.45, 2.75) is 47.9 Å². The molecule has 1 aliphatic rings. The quantitative estimate of drug-likeness (QED) is 0.368. The molecule has 0 saturated heterocycles. The van der Waals surface area contributed by atoms with Crippen LogP contribution in [0.4, 0.5) is 5.69 Å². The van der Waals surface area contributed by atoms with Gasteiger partial charge >= 0.3 is 0 Å². The summed E-state index contributed by atoms with van der Waals surface area (Å²) in [5, 5.41) is 9.74. The van der Waals surface area contributed by atoms with Crippen LogP contribution in [-0.4, -0.2) is 32.7 Å². The lowest BCUT2D eigenvalue weighted by atomic mass is 9.96. The third-order valence-electron chi connectivity index (χ3n) is 5.69. The predicted octanol–water partition coefficient (Wildman–Crippen LogP) is 5.44. The van der Waals surface area contributed by atoms with Gasteiger partial charge in [0, 0.05) is 12.6 Å². The van der Waals surface area contributed by atoms with E-state index in [-0.39, 0.29) is 36.7 Å². The monoisotopic (exact) mass is 643 g/mol. The van der Waals surface area contributed by atoms with Gasteiger partial charge in [0.1, 0.15) is 14.8 Å². The number of halogens is 4. The van der Waals surface area contributed by atoms with Gasteiger partial charge in [0.2, 0.25) is 14.8 Å². The predicted molar refractivity (Wildman–Crippen MR) is 148 cm³/mol. The molecular weight excluding hydrogens is 624 g/mol. The molecule has 0 radical (unpaired) electrons. The van der Waals surface area contributed by atoms with E-state index < -0.39 is 24.9 Å². The smallest absolute Gasteiger partial charge is 0.263 e. The number of hydrogen-bond donors (Lipinski definition) is 2. The summed E-state index contributed by atoms with van der Waals surface area (Å²) in [5.74, 6) is 0. The standard InChI is InChI=1S/C21H21Cl4N5O4S3/c1-30-21(27-11-5-3-2-4-6-11)35-20(28-30)12-7-19(16(25)8-13(12)22)37(33,34)29-17-10-18(36(26,31)32)15(24)9-14(17)23/h7-11,29H,2-6H2,1H3,(H2,26,31,32). The highest BCUT2D eigenvalue weighted by molar-refractivity contribution is 7.93. The zero-order chi connectivity index (χ0) is 27.1. The molecule has 0 aliphatic heterocycles. The molecule has 200 valence electrons. The van der Waals surface area contributed by atoms with Crippen LogP contribution in [0, 0.1) is 0 Å². The minimum absolute atomic E-state index is 0.146. The Morgan fingerprint density at radius 2 is 1.57 bits per heavy atom. The van der Waals surface area contributed by atoms with Crippen molar-refractivity contribution >= 4 is 83.5 Å². The minimum atomic E-state index is -4.37. The zero-order valence-corrected chi connectivity index (χ0v) is 24.7. The average molecular weight is 645 g/mol. The SMILES string of the molecule is Cn1nc(-c2cc(S(=O)(=O)Nc3cc(S(N)(=O)=O)c(Cl)cc3Cl)c(Cl)cc2Cl)sc1=NC1CCCCC1. The number of aromatic nitrogens is 2. The third kappa shape index (κ3) is 6.44. The fourth-order valence-electron chi connectivity index (χ4n) is 3.86. The molecular formula is C21H21Cl4N5O4S3. The maximum atomic E-state index is 13.3. The molecule has 0 spiro atoms. The van der Waals surface area contributed by atoms with Gasteiger partial charge in [0.25, 0.3) is 10.0 Å². The molecule has 37 heavy (non-hydrogen) atoms. The molecule has 0 amide bonds. The van der Waals surface area contributed by atoms with Crippen LogP contribution in [0.3, 0.4) is 0 Å². The highest BCUT2D eigenvalue weighted by Crippen LogP contribution is 2.37. The number of nitrogens with zero attached hydrogens (tertiary/aromatic N) is 3. The average Bonchev–Trinajstić information content (AvgIpc) is 3.15.